The van der Waals surface area contributed by atoms with Gasteiger partial charge in [-0.05, 0) is 35.2 Å². The number of fused-ring (bicyclic) bond motifs is 3. The van der Waals surface area contributed by atoms with E-state index in [0.29, 0.717) is 16.0 Å². The first-order valence-electron chi connectivity index (χ1n) is 9.57. The Morgan fingerprint density at radius 3 is 2.03 bits per heavy atom. The fourth-order valence-electron chi connectivity index (χ4n) is 4.19. The summed E-state index contributed by atoms with van der Waals surface area (Å²) < 4.78 is 4.77. The van der Waals surface area contributed by atoms with Gasteiger partial charge in [-0.3, -0.25) is 4.79 Å². The van der Waals surface area contributed by atoms with Crippen LogP contribution in [0.4, 0.5) is 4.79 Å². The van der Waals surface area contributed by atoms with Gasteiger partial charge in [-0.25, -0.2) is 14.5 Å². The quantitative estimate of drug-likeness (QED) is 0.633. The molecule has 0 aliphatic heterocycles. The number of carbonyl (C=O) groups excluding carboxylic acids is 2. The lowest BCUT2D eigenvalue weighted by molar-refractivity contribution is -0.161. The molecule has 8 nitrogen and oxygen atoms in total. The Morgan fingerprint density at radius 1 is 1.07 bits per heavy atom. The summed E-state index contributed by atoms with van der Waals surface area (Å²) in [6.45, 7) is -0.797. The highest BCUT2D eigenvalue weighted by atomic mass is 16.5. The van der Waals surface area contributed by atoms with Crippen LogP contribution in [0.3, 0.4) is 0 Å². The van der Waals surface area contributed by atoms with Gasteiger partial charge >= 0.3 is 12.1 Å². The van der Waals surface area contributed by atoms with Crippen LogP contribution in [0.1, 0.15) is 29.9 Å². The predicted molar refractivity (Wildman–Crippen MR) is 109 cm³/mol. The van der Waals surface area contributed by atoms with Crippen molar-refractivity contribution in [3.8, 4) is 11.1 Å². The number of nitrogens with two attached hydrogens (primary N) is 1. The van der Waals surface area contributed by atoms with Crippen LogP contribution in [0.2, 0.25) is 0 Å². The van der Waals surface area contributed by atoms with Crippen molar-refractivity contribution in [2.45, 2.75) is 24.3 Å². The number of nitrogens with zero attached hydrogens (tertiary/aromatic N) is 1. The molecular weight excluding hydrogens is 388 g/mol. The van der Waals surface area contributed by atoms with Gasteiger partial charge in [0, 0.05) is 12.3 Å². The number of carbonyl (C=O) groups is 3. The van der Waals surface area contributed by atoms with Crippen LogP contribution in [-0.2, 0) is 14.3 Å². The van der Waals surface area contributed by atoms with Gasteiger partial charge in [0.1, 0.15) is 0 Å². The maximum atomic E-state index is 13.0. The Morgan fingerprint density at radius 2 is 1.60 bits per heavy atom. The highest BCUT2D eigenvalue weighted by Crippen LogP contribution is 2.51. The van der Waals surface area contributed by atoms with Gasteiger partial charge in [-0.15, -0.1) is 0 Å². The monoisotopic (exact) mass is 412 g/mol. The molecule has 0 saturated heterocycles. The second kappa shape index (κ2) is 8.64. The summed E-state index contributed by atoms with van der Waals surface area (Å²) >= 11 is 0. The van der Waals surface area contributed by atoms with Gasteiger partial charge in [0.15, 0.2) is 5.54 Å². The van der Waals surface area contributed by atoms with Gasteiger partial charge in [-0.1, -0.05) is 48.5 Å². The van der Waals surface area contributed by atoms with Crippen molar-refractivity contribution in [1.82, 2.24) is 4.90 Å². The third kappa shape index (κ3) is 3.24. The second-order valence-corrected chi connectivity index (χ2v) is 7.09. The smallest absolute Gasteiger partial charge is 0.417 e. The highest BCUT2D eigenvalue weighted by molar-refractivity contribution is 6.00. The first-order chi connectivity index (χ1) is 14.4. The number of hydrogen-bond donors (Lipinski definition) is 3. The summed E-state index contributed by atoms with van der Waals surface area (Å²) in [5.74, 6) is -3.26. The maximum Gasteiger partial charge on any atom is 0.417 e. The van der Waals surface area contributed by atoms with Crippen LogP contribution in [0.5, 0.6) is 0 Å². The fourth-order valence-corrected chi connectivity index (χ4v) is 4.19. The minimum atomic E-state index is -2.29. The molecule has 0 fully saturated rings. The third-order valence-electron chi connectivity index (χ3n) is 5.52. The van der Waals surface area contributed by atoms with Crippen molar-refractivity contribution in [2.75, 3.05) is 20.3 Å². The lowest BCUT2D eigenvalue weighted by Gasteiger charge is -2.41. The Kier molecular flexibility index (Phi) is 6.19. The van der Waals surface area contributed by atoms with E-state index in [-0.39, 0.29) is 19.4 Å². The van der Waals surface area contributed by atoms with E-state index in [1.165, 1.54) is 0 Å². The zero-order chi connectivity index (χ0) is 21.9. The number of imide groups is 1. The van der Waals surface area contributed by atoms with Crippen LogP contribution < -0.4 is 5.73 Å². The molecule has 30 heavy (non-hydrogen) atoms. The van der Waals surface area contributed by atoms with E-state index in [4.69, 9.17) is 10.5 Å². The van der Waals surface area contributed by atoms with Crippen molar-refractivity contribution < 1.29 is 29.3 Å². The molecule has 0 aromatic heterocycles. The maximum absolute atomic E-state index is 13.0. The number of carboxylic acid groups (broad SMARTS) is 1. The molecule has 1 aliphatic carbocycles. The predicted octanol–water partition coefficient (Wildman–Crippen LogP) is 1.95. The molecule has 0 radical (unpaired) electrons. The standard InChI is InChI=1S/C22H24N2O6/c1-30-21(29)24(18(26)11-6-12-23)22(13-25,20(27)28)19-16-9-4-2-7-14(16)15-8-3-5-10-17(15)19/h2-5,7-10,19,25H,6,11-13,23H2,1H3,(H,27,28)/t22-/m1/s1. The number of carboxylic acids is 1. The molecule has 0 saturated carbocycles. The zero-order valence-corrected chi connectivity index (χ0v) is 16.6. The van der Waals surface area contributed by atoms with Crippen molar-refractivity contribution >= 4 is 18.0 Å². The van der Waals surface area contributed by atoms with Crippen molar-refractivity contribution in [3.05, 3.63) is 59.7 Å². The molecule has 2 amide bonds. The Balaban J connectivity index is 2.29. The molecule has 0 heterocycles. The molecule has 1 atom stereocenters. The third-order valence-corrected chi connectivity index (χ3v) is 5.52. The summed E-state index contributed by atoms with van der Waals surface area (Å²) in [6, 6.07) is 14.3. The lowest BCUT2D eigenvalue weighted by Crippen LogP contribution is -2.64. The first-order valence-corrected chi connectivity index (χ1v) is 9.57. The molecule has 0 bridgehead atoms. The van der Waals surface area contributed by atoms with Gasteiger partial charge in [0.05, 0.1) is 13.7 Å². The van der Waals surface area contributed by atoms with Crippen molar-refractivity contribution in [1.29, 1.82) is 0 Å². The summed E-state index contributed by atoms with van der Waals surface area (Å²) in [6.07, 6.45) is -1.04. The fraction of sp³-hybridized carbons (Fsp3) is 0.318. The molecule has 2 aromatic rings. The lowest BCUT2D eigenvalue weighted by atomic mass is 9.76. The van der Waals surface area contributed by atoms with E-state index in [0.717, 1.165) is 18.2 Å². The molecular formula is C22H24N2O6. The van der Waals surface area contributed by atoms with Gasteiger partial charge in [0.25, 0.3) is 0 Å². The molecule has 3 rings (SSSR count). The second-order valence-electron chi connectivity index (χ2n) is 7.09. The van der Waals surface area contributed by atoms with Gasteiger partial charge in [-0.2, -0.15) is 0 Å². The van der Waals surface area contributed by atoms with Crippen molar-refractivity contribution in [3.63, 3.8) is 0 Å². The van der Waals surface area contributed by atoms with Crippen LogP contribution in [-0.4, -0.2) is 58.9 Å². The van der Waals surface area contributed by atoms with Crippen LogP contribution >= 0.6 is 0 Å². The summed E-state index contributed by atoms with van der Waals surface area (Å²) in [5, 5.41) is 20.8. The minimum Gasteiger partial charge on any atom is -0.479 e. The van der Waals surface area contributed by atoms with Gasteiger partial charge < -0.3 is 20.7 Å². The van der Waals surface area contributed by atoms with E-state index in [9.17, 15) is 24.6 Å². The highest BCUT2D eigenvalue weighted by Gasteiger charge is 2.58. The normalized spacial score (nSPS) is 14.4. The number of benzene rings is 2. The summed E-state index contributed by atoms with van der Waals surface area (Å²) in [4.78, 5) is 38.9. The molecule has 2 aromatic carbocycles. The molecule has 4 N–H and O–H groups in total. The number of methoxy groups -OCH3 is 1. The largest absolute Gasteiger partial charge is 0.479 e. The number of aliphatic carboxylic acids is 1. The van der Waals surface area contributed by atoms with Gasteiger partial charge in [0.2, 0.25) is 5.91 Å². The number of rotatable bonds is 7. The minimum absolute atomic E-state index is 0.156. The molecule has 1 aliphatic rings. The average molecular weight is 412 g/mol. The Hall–Kier alpha value is -3.23. The van der Waals surface area contributed by atoms with E-state index >= 15 is 0 Å². The number of aliphatic hydroxyl groups is 1. The topological polar surface area (TPSA) is 130 Å². The van der Waals surface area contributed by atoms with Crippen LogP contribution in [0.25, 0.3) is 11.1 Å². The molecule has 0 spiro atoms. The molecule has 0 unspecified atom stereocenters. The Labute approximate surface area is 173 Å². The molecule has 8 heteroatoms. The number of amides is 2. The van der Waals surface area contributed by atoms with Crippen LogP contribution in [0, 0.1) is 0 Å². The number of hydrogen-bond acceptors (Lipinski definition) is 6. The van der Waals surface area contributed by atoms with Crippen molar-refractivity contribution in [2.24, 2.45) is 5.73 Å². The molecule has 158 valence electrons. The van der Waals surface area contributed by atoms with E-state index in [2.05, 4.69) is 0 Å². The van der Waals surface area contributed by atoms with E-state index in [1.54, 1.807) is 24.3 Å². The number of ether oxygens (including phenoxy) is 1. The summed E-state index contributed by atoms with van der Waals surface area (Å²) in [7, 11) is 1.06. The zero-order valence-electron chi connectivity index (χ0n) is 16.6. The first kappa shape index (κ1) is 21.5. The number of aliphatic hydroxyl groups excluding tert-OH is 1. The Bertz CT molecular complexity index is 930. The average Bonchev–Trinajstić information content (AvgIpc) is 3.10. The van der Waals surface area contributed by atoms with E-state index in [1.807, 2.05) is 24.3 Å². The summed E-state index contributed by atoms with van der Waals surface area (Å²) in [5.41, 5.74) is 5.98. The SMILES string of the molecule is COC(=O)N(C(=O)CCCN)[C@@](CO)(C(=O)O)C1c2ccccc2-c2ccccc21. The van der Waals surface area contributed by atoms with E-state index < -0.39 is 36.0 Å². The van der Waals surface area contributed by atoms with Crippen LogP contribution in [0.15, 0.2) is 48.5 Å².